The van der Waals surface area contributed by atoms with Gasteiger partial charge >= 0.3 is 0 Å². The van der Waals surface area contributed by atoms with Crippen molar-refractivity contribution in [3.05, 3.63) is 88.1 Å². The minimum atomic E-state index is 0.0208. The molecule has 0 radical (unpaired) electrons. The number of benzene rings is 2. The second kappa shape index (κ2) is 9.36. The maximum Gasteiger partial charge on any atom is 0.221 e. The van der Waals surface area contributed by atoms with Gasteiger partial charge in [0.2, 0.25) is 11.7 Å². The molecule has 132 valence electrons. The molecule has 1 amide bonds. The van der Waals surface area contributed by atoms with Gasteiger partial charge in [0.05, 0.1) is 11.4 Å². The number of rotatable bonds is 8. The molecule has 0 aliphatic heterocycles. The summed E-state index contributed by atoms with van der Waals surface area (Å²) in [6.07, 6.45) is 0.473. The van der Waals surface area contributed by atoms with Crippen molar-refractivity contribution < 1.29 is 9.59 Å². The van der Waals surface area contributed by atoms with Crippen LogP contribution in [0.15, 0.2) is 77.7 Å². The lowest BCUT2D eigenvalue weighted by molar-refractivity contribution is -0.120. The number of thiophene rings is 1. The average molecular weight is 382 g/mol. The second-order valence-corrected chi connectivity index (χ2v) is 7.99. The van der Waals surface area contributed by atoms with E-state index >= 15 is 0 Å². The Morgan fingerprint density at radius 1 is 0.885 bits per heavy atom. The molecule has 0 saturated heterocycles. The van der Waals surface area contributed by atoms with Crippen LogP contribution < -0.4 is 5.32 Å². The lowest BCUT2D eigenvalue weighted by atomic mass is 10.1. The van der Waals surface area contributed by atoms with E-state index in [-0.39, 0.29) is 11.7 Å². The summed E-state index contributed by atoms with van der Waals surface area (Å²) in [5, 5.41) is 2.92. The summed E-state index contributed by atoms with van der Waals surface area (Å²) in [7, 11) is 0. The fourth-order valence-electron chi connectivity index (χ4n) is 2.38. The molecule has 0 aliphatic carbocycles. The molecule has 0 spiro atoms. The smallest absolute Gasteiger partial charge is 0.221 e. The van der Waals surface area contributed by atoms with Crippen molar-refractivity contribution in [2.24, 2.45) is 0 Å². The highest BCUT2D eigenvalue weighted by Gasteiger charge is 2.12. The summed E-state index contributed by atoms with van der Waals surface area (Å²) in [6.45, 7) is 0.460. The van der Waals surface area contributed by atoms with Gasteiger partial charge in [-0.25, -0.2) is 0 Å². The molecule has 3 rings (SSSR count). The van der Waals surface area contributed by atoms with E-state index in [2.05, 4.69) is 5.32 Å². The van der Waals surface area contributed by atoms with Gasteiger partial charge in [0, 0.05) is 27.5 Å². The third kappa shape index (κ3) is 5.31. The number of hydrogen-bond donors (Lipinski definition) is 1. The van der Waals surface area contributed by atoms with Crippen LogP contribution in [0.5, 0.6) is 0 Å². The van der Waals surface area contributed by atoms with Crippen LogP contribution in [-0.2, 0) is 11.3 Å². The fraction of sp³-hybridized carbons (Fsp3) is 0.143. The second-order valence-electron chi connectivity index (χ2n) is 5.65. The Morgan fingerprint density at radius 3 is 2.31 bits per heavy atom. The lowest BCUT2D eigenvalue weighted by Gasteiger charge is -2.04. The third-order valence-electron chi connectivity index (χ3n) is 3.72. The largest absolute Gasteiger partial charge is 0.351 e. The van der Waals surface area contributed by atoms with Gasteiger partial charge in [0.25, 0.3) is 0 Å². The lowest BCUT2D eigenvalue weighted by Crippen LogP contribution is -2.22. The quantitative estimate of drug-likeness (QED) is 0.451. The standard InChI is InChI=1S/C21H19NO2S2/c23-20(13-14-25-17-9-5-2-6-10-17)22-15-18-11-12-19(26-18)21(24)16-7-3-1-4-8-16/h1-12H,13-15H2,(H,22,23). The van der Waals surface area contributed by atoms with Gasteiger partial charge in [0.15, 0.2) is 0 Å². The summed E-state index contributed by atoms with van der Waals surface area (Å²) in [5.74, 6) is 0.795. The summed E-state index contributed by atoms with van der Waals surface area (Å²) >= 11 is 3.10. The molecule has 1 N–H and O–H groups in total. The van der Waals surface area contributed by atoms with Crippen LogP contribution in [0.25, 0.3) is 0 Å². The van der Waals surface area contributed by atoms with Gasteiger partial charge in [-0.3, -0.25) is 9.59 Å². The Labute approximate surface area is 161 Å². The van der Waals surface area contributed by atoms with E-state index < -0.39 is 0 Å². The Bertz CT molecular complexity index is 860. The predicted octanol–water partition coefficient (Wildman–Crippen LogP) is 4.78. The summed E-state index contributed by atoms with van der Waals surface area (Å²) < 4.78 is 0. The van der Waals surface area contributed by atoms with Crippen LogP contribution >= 0.6 is 23.1 Å². The highest BCUT2D eigenvalue weighted by molar-refractivity contribution is 7.99. The molecule has 1 heterocycles. The molecular weight excluding hydrogens is 362 g/mol. The van der Waals surface area contributed by atoms with Gasteiger partial charge < -0.3 is 5.32 Å². The van der Waals surface area contributed by atoms with Gasteiger partial charge in [-0.15, -0.1) is 23.1 Å². The van der Waals surface area contributed by atoms with Crippen molar-refractivity contribution in [2.75, 3.05) is 5.75 Å². The zero-order chi connectivity index (χ0) is 18.2. The minimum Gasteiger partial charge on any atom is -0.351 e. The topological polar surface area (TPSA) is 46.2 Å². The van der Waals surface area contributed by atoms with E-state index in [1.165, 1.54) is 16.2 Å². The molecule has 3 aromatic rings. The first-order valence-corrected chi connectivity index (χ1v) is 10.2. The number of carbonyl (C=O) groups excluding carboxylic acids is 2. The number of thioether (sulfide) groups is 1. The van der Waals surface area contributed by atoms with Crippen molar-refractivity contribution in [3.63, 3.8) is 0 Å². The van der Waals surface area contributed by atoms with E-state index in [9.17, 15) is 9.59 Å². The van der Waals surface area contributed by atoms with Gasteiger partial charge in [-0.05, 0) is 24.3 Å². The van der Waals surface area contributed by atoms with E-state index in [0.29, 0.717) is 23.4 Å². The molecule has 0 bridgehead atoms. The van der Waals surface area contributed by atoms with Crippen LogP contribution in [0.1, 0.15) is 26.5 Å². The SMILES string of the molecule is O=C(CCSc1ccccc1)NCc1ccc(C(=O)c2ccccc2)s1. The monoisotopic (exact) mass is 381 g/mol. The highest BCUT2D eigenvalue weighted by Crippen LogP contribution is 2.20. The number of hydrogen-bond acceptors (Lipinski definition) is 4. The zero-order valence-corrected chi connectivity index (χ0v) is 15.8. The molecule has 26 heavy (non-hydrogen) atoms. The fourth-order valence-corrected chi connectivity index (χ4v) is 4.16. The first-order chi connectivity index (χ1) is 12.7. The van der Waals surface area contributed by atoms with Gasteiger partial charge in [-0.1, -0.05) is 48.5 Å². The van der Waals surface area contributed by atoms with Crippen LogP contribution in [0.3, 0.4) is 0 Å². The molecule has 1 aromatic heterocycles. The molecule has 0 fully saturated rings. The van der Waals surface area contributed by atoms with Crippen LogP contribution in [-0.4, -0.2) is 17.4 Å². The summed E-state index contributed by atoms with van der Waals surface area (Å²) in [5.41, 5.74) is 0.683. The van der Waals surface area contributed by atoms with Crippen LogP contribution in [0, 0.1) is 0 Å². The van der Waals surface area contributed by atoms with Gasteiger partial charge in [0.1, 0.15) is 0 Å². The maximum atomic E-state index is 12.4. The predicted molar refractivity (Wildman–Crippen MR) is 108 cm³/mol. The minimum absolute atomic E-state index is 0.0208. The zero-order valence-electron chi connectivity index (χ0n) is 14.2. The molecule has 5 heteroatoms. The highest BCUT2D eigenvalue weighted by atomic mass is 32.2. The molecular formula is C21H19NO2S2. The first kappa shape index (κ1) is 18.4. The van der Waals surface area contributed by atoms with Crippen LogP contribution in [0.4, 0.5) is 0 Å². The van der Waals surface area contributed by atoms with Crippen molar-refractivity contribution in [1.82, 2.24) is 5.32 Å². The molecule has 2 aromatic carbocycles. The van der Waals surface area contributed by atoms with Crippen molar-refractivity contribution in [3.8, 4) is 0 Å². The van der Waals surface area contributed by atoms with Crippen molar-refractivity contribution >= 4 is 34.8 Å². The van der Waals surface area contributed by atoms with E-state index in [1.807, 2.05) is 72.8 Å². The Kier molecular flexibility index (Phi) is 6.63. The van der Waals surface area contributed by atoms with E-state index in [0.717, 1.165) is 10.6 Å². The summed E-state index contributed by atoms with van der Waals surface area (Å²) in [6, 6.07) is 23.0. The van der Waals surface area contributed by atoms with E-state index in [4.69, 9.17) is 0 Å². The maximum absolute atomic E-state index is 12.4. The number of nitrogens with one attached hydrogen (secondary N) is 1. The first-order valence-electron chi connectivity index (χ1n) is 8.35. The number of carbonyl (C=O) groups is 2. The number of ketones is 1. The Morgan fingerprint density at radius 2 is 1.58 bits per heavy atom. The van der Waals surface area contributed by atoms with Crippen LogP contribution in [0.2, 0.25) is 0 Å². The third-order valence-corrected chi connectivity index (χ3v) is 5.82. The number of amides is 1. The molecule has 0 unspecified atom stereocenters. The molecule has 0 aliphatic rings. The molecule has 0 saturated carbocycles. The van der Waals surface area contributed by atoms with Crippen molar-refractivity contribution in [1.29, 1.82) is 0 Å². The van der Waals surface area contributed by atoms with E-state index in [1.54, 1.807) is 11.8 Å². The van der Waals surface area contributed by atoms with Gasteiger partial charge in [-0.2, -0.15) is 0 Å². The average Bonchev–Trinajstić information content (AvgIpc) is 3.16. The Balaban J connectivity index is 1.44. The molecule has 3 nitrogen and oxygen atoms in total. The van der Waals surface area contributed by atoms with Crippen molar-refractivity contribution in [2.45, 2.75) is 17.9 Å². The normalized spacial score (nSPS) is 10.5. The molecule has 0 atom stereocenters. The summed E-state index contributed by atoms with van der Waals surface area (Å²) in [4.78, 5) is 27.2. The Hall–Kier alpha value is -2.37.